The zero-order chi connectivity index (χ0) is 18.3. The zero-order valence-corrected chi connectivity index (χ0v) is 16.0. The second kappa shape index (κ2) is 6.75. The van der Waals surface area contributed by atoms with Gasteiger partial charge in [-0.25, -0.2) is 4.68 Å². The fourth-order valence-corrected chi connectivity index (χ4v) is 4.55. The highest BCUT2D eigenvalue weighted by Gasteiger charge is 2.43. The molecule has 7 nitrogen and oxygen atoms in total. The molecule has 0 N–H and O–H groups in total. The molecule has 2 aliphatic heterocycles. The van der Waals surface area contributed by atoms with Crippen molar-refractivity contribution in [2.24, 2.45) is 5.92 Å². The van der Waals surface area contributed by atoms with Crippen LogP contribution in [0.1, 0.15) is 31.0 Å². The van der Waals surface area contributed by atoms with Gasteiger partial charge < -0.3 is 4.74 Å². The fraction of sp³-hybridized carbons (Fsp3) is 0.611. The zero-order valence-electron chi connectivity index (χ0n) is 15.2. The molecule has 2 aliphatic rings. The van der Waals surface area contributed by atoms with Gasteiger partial charge in [0.05, 0.1) is 6.54 Å². The number of ether oxygens (including phenoxy) is 1. The second-order valence-corrected chi connectivity index (χ2v) is 8.73. The van der Waals surface area contributed by atoms with Gasteiger partial charge in [-0.15, -0.1) is 11.3 Å². The molecule has 4 heterocycles. The van der Waals surface area contributed by atoms with Crippen LogP contribution in [0.25, 0.3) is 0 Å². The molecule has 0 bridgehead atoms. The minimum atomic E-state index is -0.534. The maximum Gasteiger partial charge on any atom is 0.332 e. The van der Waals surface area contributed by atoms with Gasteiger partial charge in [0.25, 0.3) is 0 Å². The second-order valence-electron chi connectivity index (χ2n) is 7.70. The highest BCUT2D eigenvalue weighted by molar-refractivity contribution is 7.09. The van der Waals surface area contributed by atoms with E-state index in [0.29, 0.717) is 18.9 Å². The Bertz CT molecular complexity index is 902. The van der Waals surface area contributed by atoms with E-state index in [9.17, 15) is 9.59 Å². The van der Waals surface area contributed by atoms with Gasteiger partial charge in [0, 0.05) is 31.1 Å². The lowest BCUT2D eigenvalue weighted by Crippen LogP contribution is -2.53. The highest BCUT2D eigenvalue weighted by atomic mass is 32.1. The number of nitrogens with zero attached hydrogens (tertiary/aromatic N) is 4. The monoisotopic (exact) mass is 376 g/mol. The molecule has 0 radical (unpaired) electrons. The van der Waals surface area contributed by atoms with Gasteiger partial charge in [0.2, 0.25) is 0 Å². The Balaban J connectivity index is 1.55. The van der Waals surface area contributed by atoms with E-state index in [1.165, 1.54) is 14.1 Å². The van der Waals surface area contributed by atoms with Crippen LogP contribution in [-0.4, -0.2) is 37.9 Å². The van der Waals surface area contributed by atoms with E-state index < -0.39 is 16.7 Å². The first-order valence-corrected chi connectivity index (χ1v) is 9.93. The van der Waals surface area contributed by atoms with Gasteiger partial charge >= 0.3 is 11.1 Å². The summed E-state index contributed by atoms with van der Waals surface area (Å²) in [5.74, 6) is 0.803. The minimum Gasteiger partial charge on any atom is -0.364 e. The number of aromatic nitrogens is 3. The third-order valence-corrected chi connectivity index (χ3v) is 5.92. The van der Waals surface area contributed by atoms with Crippen molar-refractivity contribution in [1.82, 2.24) is 19.2 Å². The van der Waals surface area contributed by atoms with Crippen LogP contribution in [0, 0.1) is 5.92 Å². The van der Waals surface area contributed by atoms with Crippen LogP contribution in [0.5, 0.6) is 0 Å². The topological polar surface area (TPSA) is 69.4 Å². The Kier molecular flexibility index (Phi) is 4.58. The smallest absolute Gasteiger partial charge is 0.332 e. The SMILES string of the molecule is CC(C)Cn1nc2n(c(=O)c1=O)C[C@]1(CCN(Cc3cccs3)C1)OC2. The largest absolute Gasteiger partial charge is 0.364 e. The molecule has 2 aromatic heterocycles. The van der Waals surface area contributed by atoms with E-state index in [0.717, 1.165) is 26.1 Å². The van der Waals surface area contributed by atoms with Crippen molar-refractivity contribution in [3.05, 3.63) is 48.9 Å². The molecular weight excluding hydrogens is 352 g/mol. The molecule has 1 saturated heterocycles. The summed E-state index contributed by atoms with van der Waals surface area (Å²) < 4.78 is 9.01. The van der Waals surface area contributed by atoms with E-state index in [-0.39, 0.29) is 12.5 Å². The van der Waals surface area contributed by atoms with Crippen molar-refractivity contribution in [2.45, 2.75) is 52.1 Å². The summed E-state index contributed by atoms with van der Waals surface area (Å²) in [6.07, 6.45) is 0.860. The van der Waals surface area contributed by atoms with Crippen molar-refractivity contribution in [3.8, 4) is 0 Å². The van der Waals surface area contributed by atoms with Crippen molar-refractivity contribution >= 4 is 11.3 Å². The number of likely N-dealkylation sites (tertiary alicyclic amines) is 1. The predicted octanol–water partition coefficient (Wildman–Crippen LogP) is 1.30. The van der Waals surface area contributed by atoms with Crippen molar-refractivity contribution in [2.75, 3.05) is 13.1 Å². The van der Waals surface area contributed by atoms with Crippen LogP contribution in [-0.2, 0) is 31.0 Å². The van der Waals surface area contributed by atoms with Crippen LogP contribution in [0.4, 0.5) is 0 Å². The average Bonchev–Trinajstić information content (AvgIpc) is 3.24. The summed E-state index contributed by atoms with van der Waals surface area (Å²) in [5.41, 5.74) is -1.41. The Hall–Kier alpha value is -1.77. The van der Waals surface area contributed by atoms with E-state index >= 15 is 0 Å². The Morgan fingerprint density at radius 3 is 2.88 bits per heavy atom. The number of hydrogen-bond acceptors (Lipinski definition) is 6. The van der Waals surface area contributed by atoms with Crippen LogP contribution in [0.3, 0.4) is 0 Å². The van der Waals surface area contributed by atoms with E-state index in [1.807, 2.05) is 13.8 Å². The first-order valence-electron chi connectivity index (χ1n) is 9.05. The molecule has 0 aliphatic carbocycles. The molecule has 0 aromatic carbocycles. The number of thiophene rings is 1. The van der Waals surface area contributed by atoms with E-state index in [1.54, 1.807) is 11.3 Å². The first-order chi connectivity index (χ1) is 12.5. The molecule has 140 valence electrons. The first kappa shape index (κ1) is 17.6. The van der Waals surface area contributed by atoms with Gasteiger partial charge in [-0.05, 0) is 23.8 Å². The van der Waals surface area contributed by atoms with Crippen LogP contribution < -0.4 is 11.1 Å². The quantitative estimate of drug-likeness (QED) is 0.753. The van der Waals surface area contributed by atoms with Gasteiger partial charge in [0.15, 0.2) is 5.82 Å². The van der Waals surface area contributed by atoms with Crippen LogP contribution in [0.15, 0.2) is 27.1 Å². The van der Waals surface area contributed by atoms with Gasteiger partial charge in [-0.1, -0.05) is 19.9 Å². The third kappa shape index (κ3) is 3.28. The molecular formula is C18H24N4O3S. The van der Waals surface area contributed by atoms with E-state index in [4.69, 9.17) is 4.74 Å². The summed E-state index contributed by atoms with van der Waals surface area (Å²) in [6.45, 7) is 7.73. The maximum absolute atomic E-state index is 12.6. The molecule has 1 fully saturated rings. The lowest BCUT2D eigenvalue weighted by molar-refractivity contribution is -0.0859. The highest BCUT2D eigenvalue weighted by Crippen LogP contribution is 2.32. The lowest BCUT2D eigenvalue weighted by atomic mass is 10.0. The summed E-state index contributed by atoms with van der Waals surface area (Å²) in [6, 6.07) is 4.20. The summed E-state index contributed by atoms with van der Waals surface area (Å²) >= 11 is 1.75. The minimum absolute atomic E-state index is 0.249. The van der Waals surface area contributed by atoms with Crippen molar-refractivity contribution in [1.29, 1.82) is 0 Å². The number of rotatable bonds is 4. The molecule has 0 amide bonds. The average molecular weight is 376 g/mol. The summed E-state index contributed by atoms with van der Waals surface area (Å²) in [7, 11) is 0. The normalized spacial score (nSPS) is 23.0. The molecule has 8 heteroatoms. The van der Waals surface area contributed by atoms with Crippen LogP contribution in [0.2, 0.25) is 0 Å². The Morgan fingerprint density at radius 2 is 2.15 bits per heavy atom. The summed E-state index contributed by atoms with van der Waals surface area (Å²) in [4.78, 5) is 28.7. The van der Waals surface area contributed by atoms with E-state index in [2.05, 4.69) is 27.5 Å². The summed E-state index contributed by atoms with van der Waals surface area (Å²) in [5, 5.41) is 6.46. The Morgan fingerprint density at radius 1 is 1.31 bits per heavy atom. The fourth-order valence-electron chi connectivity index (χ4n) is 3.80. The van der Waals surface area contributed by atoms with Gasteiger partial charge in [-0.3, -0.25) is 19.1 Å². The molecule has 2 aromatic rings. The standard InChI is InChI=1S/C18H24N4O3S/c1-13(2)8-22-17(24)16(23)21-12-18(25-10-15(21)19-22)5-6-20(11-18)9-14-4-3-7-26-14/h3-4,7,13H,5-6,8-12H2,1-2H3/t18-/m1/s1. The molecule has 0 saturated carbocycles. The van der Waals surface area contributed by atoms with Gasteiger partial charge in [-0.2, -0.15) is 5.10 Å². The molecule has 1 atom stereocenters. The molecule has 26 heavy (non-hydrogen) atoms. The third-order valence-electron chi connectivity index (χ3n) is 5.06. The predicted molar refractivity (Wildman–Crippen MR) is 99.3 cm³/mol. The van der Waals surface area contributed by atoms with Gasteiger partial charge in [0.1, 0.15) is 12.2 Å². The number of hydrogen-bond donors (Lipinski definition) is 0. The van der Waals surface area contributed by atoms with Crippen molar-refractivity contribution < 1.29 is 4.74 Å². The Labute approximate surface area is 155 Å². The lowest BCUT2D eigenvalue weighted by Gasteiger charge is -2.35. The molecule has 0 unspecified atom stereocenters. The maximum atomic E-state index is 12.6. The van der Waals surface area contributed by atoms with Crippen LogP contribution >= 0.6 is 11.3 Å². The van der Waals surface area contributed by atoms with Crippen molar-refractivity contribution in [3.63, 3.8) is 0 Å². The molecule has 1 spiro atoms. The number of fused-ring (bicyclic) bond motifs is 1. The molecule has 4 rings (SSSR count).